The lowest BCUT2D eigenvalue weighted by Crippen LogP contribution is -2.40. The quantitative estimate of drug-likeness (QED) is 0.617. The van der Waals surface area contributed by atoms with Gasteiger partial charge in [0.05, 0.1) is 6.04 Å². The lowest BCUT2D eigenvalue weighted by Gasteiger charge is -2.41. The highest BCUT2D eigenvalue weighted by molar-refractivity contribution is 5.96. The fraction of sp³-hybridized carbons (Fsp3) is 0.500. The summed E-state index contributed by atoms with van der Waals surface area (Å²) in [6.45, 7) is 12.2. The van der Waals surface area contributed by atoms with Crippen LogP contribution in [0.1, 0.15) is 59.4 Å². The van der Waals surface area contributed by atoms with Crippen molar-refractivity contribution >= 4 is 5.78 Å². The number of Topliss-reactive ketones (excluding diaryl/α,β-unsaturated/α-hetero) is 1. The molecule has 0 fully saturated rings. The molecule has 1 aliphatic carbocycles. The van der Waals surface area contributed by atoms with Gasteiger partial charge >= 0.3 is 0 Å². The zero-order valence-electron chi connectivity index (χ0n) is 18.2. The van der Waals surface area contributed by atoms with Crippen LogP contribution in [0.3, 0.4) is 0 Å². The van der Waals surface area contributed by atoms with Gasteiger partial charge in [-0.1, -0.05) is 83.2 Å². The third-order valence-electron chi connectivity index (χ3n) is 6.17. The van der Waals surface area contributed by atoms with Crippen LogP contribution in [-0.4, -0.2) is 23.3 Å². The Morgan fingerprint density at radius 2 is 1.89 bits per heavy atom. The van der Waals surface area contributed by atoms with Crippen molar-refractivity contribution in [2.45, 2.75) is 66.3 Å². The van der Waals surface area contributed by atoms with Crippen molar-refractivity contribution in [3.8, 4) is 0 Å². The largest absolute Gasteiger partial charge is 0.370 e. The van der Waals surface area contributed by atoms with Crippen LogP contribution >= 0.6 is 0 Å². The van der Waals surface area contributed by atoms with E-state index in [2.05, 4.69) is 76.1 Å². The number of carbonyl (C=O) groups is 1. The molecule has 3 rings (SSSR count). The summed E-state index contributed by atoms with van der Waals surface area (Å²) in [5.41, 5.74) is 3.78. The number of hydrogen-bond donors (Lipinski definition) is 0. The Morgan fingerprint density at radius 3 is 2.50 bits per heavy atom. The molecule has 0 saturated heterocycles. The topological polar surface area (TPSA) is 20.3 Å². The standard InChI is InChI=1S/C26H35NO/c1-25(2,3)21-12-14-22(15-13-21)27-18-17-26(4,5)23(19-27)24(28)16-11-20-9-7-6-8-10-20/h6-10,12-14,19,22H,11,15-18H2,1-5H3. The molecule has 0 amide bonds. The van der Waals surface area contributed by atoms with Gasteiger partial charge in [-0.3, -0.25) is 4.79 Å². The van der Waals surface area contributed by atoms with E-state index < -0.39 is 0 Å². The molecule has 0 saturated carbocycles. The van der Waals surface area contributed by atoms with Crippen molar-refractivity contribution in [3.63, 3.8) is 0 Å². The molecule has 0 aromatic heterocycles. The van der Waals surface area contributed by atoms with E-state index in [1.54, 1.807) is 0 Å². The fourth-order valence-corrected chi connectivity index (χ4v) is 4.11. The summed E-state index contributed by atoms with van der Waals surface area (Å²) in [6, 6.07) is 10.7. The van der Waals surface area contributed by atoms with E-state index in [1.807, 2.05) is 18.2 Å². The first-order chi connectivity index (χ1) is 13.2. The van der Waals surface area contributed by atoms with E-state index >= 15 is 0 Å². The van der Waals surface area contributed by atoms with Crippen LogP contribution in [0.4, 0.5) is 0 Å². The highest BCUT2D eigenvalue weighted by Gasteiger charge is 2.34. The Hall–Kier alpha value is -2.09. The summed E-state index contributed by atoms with van der Waals surface area (Å²) in [6.07, 6.45) is 12.6. The van der Waals surface area contributed by atoms with Crippen LogP contribution in [0, 0.1) is 10.8 Å². The number of allylic oxidation sites excluding steroid dienone is 3. The number of benzene rings is 1. The van der Waals surface area contributed by atoms with Gasteiger partial charge in [-0.05, 0) is 41.2 Å². The molecule has 0 N–H and O–H groups in total. The zero-order valence-corrected chi connectivity index (χ0v) is 18.2. The van der Waals surface area contributed by atoms with Gasteiger partial charge in [-0.25, -0.2) is 0 Å². The van der Waals surface area contributed by atoms with Gasteiger partial charge in [-0.2, -0.15) is 0 Å². The number of rotatable bonds is 5. The molecule has 2 aliphatic rings. The molecule has 1 heterocycles. The maximum atomic E-state index is 13.1. The van der Waals surface area contributed by atoms with Gasteiger partial charge in [0.1, 0.15) is 0 Å². The Balaban J connectivity index is 1.71. The molecule has 1 atom stereocenters. The summed E-state index contributed by atoms with van der Waals surface area (Å²) in [5, 5.41) is 0. The number of ketones is 1. The van der Waals surface area contributed by atoms with Gasteiger partial charge in [0.15, 0.2) is 5.78 Å². The van der Waals surface area contributed by atoms with E-state index in [0.29, 0.717) is 18.2 Å². The van der Waals surface area contributed by atoms with Crippen molar-refractivity contribution in [1.82, 2.24) is 4.90 Å². The molecule has 0 radical (unpaired) electrons. The third kappa shape index (κ3) is 4.84. The minimum Gasteiger partial charge on any atom is -0.370 e. The molecule has 0 spiro atoms. The van der Waals surface area contributed by atoms with Crippen molar-refractivity contribution in [1.29, 1.82) is 0 Å². The monoisotopic (exact) mass is 377 g/mol. The Morgan fingerprint density at radius 1 is 1.18 bits per heavy atom. The van der Waals surface area contributed by atoms with Crippen LogP contribution in [0.2, 0.25) is 0 Å². The minimum absolute atomic E-state index is 0.0466. The summed E-state index contributed by atoms with van der Waals surface area (Å²) < 4.78 is 0. The number of aryl methyl sites for hydroxylation is 1. The maximum Gasteiger partial charge on any atom is 0.161 e. The second-order valence-electron chi connectivity index (χ2n) is 9.89. The molecule has 1 aliphatic heterocycles. The van der Waals surface area contributed by atoms with Gasteiger partial charge in [0.25, 0.3) is 0 Å². The summed E-state index contributed by atoms with van der Waals surface area (Å²) in [4.78, 5) is 15.5. The Bertz CT molecular complexity index is 789. The predicted molar refractivity (Wildman–Crippen MR) is 118 cm³/mol. The average Bonchev–Trinajstić information content (AvgIpc) is 2.66. The highest BCUT2D eigenvalue weighted by atomic mass is 16.1. The van der Waals surface area contributed by atoms with Gasteiger partial charge in [0, 0.05) is 24.7 Å². The van der Waals surface area contributed by atoms with Gasteiger partial charge in [0.2, 0.25) is 0 Å². The van der Waals surface area contributed by atoms with Crippen LogP contribution in [-0.2, 0) is 11.2 Å². The molecule has 1 unspecified atom stereocenters. The maximum absolute atomic E-state index is 13.1. The van der Waals surface area contributed by atoms with E-state index in [0.717, 1.165) is 31.4 Å². The van der Waals surface area contributed by atoms with Crippen molar-refractivity contribution in [2.24, 2.45) is 10.8 Å². The highest BCUT2D eigenvalue weighted by Crippen LogP contribution is 2.38. The van der Waals surface area contributed by atoms with Gasteiger partial charge in [-0.15, -0.1) is 0 Å². The lowest BCUT2D eigenvalue weighted by molar-refractivity contribution is -0.116. The summed E-state index contributed by atoms with van der Waals surface area (Å²) in [7, 11) is 0. The first kappa shape index (κ1) is 20.6. The molecule has 2 nitrogen and oxygen atoms in total. The molecule has 0 bridgehead atoms. The first-order valence-corrected chi connectivity index (χ1v) is 10.6. The van der Waals surface area contributed by atoms with E-state index in [4.69, 9.17) is 0 Å². The van der Waals surface area contributed by atoms with Crippen LogP contribution in [0.5, 0.6) is 0 Å². The molecule has 1 aromatic carbocycles. The smallest absolute Gasteiger partial charge is 0.161 e. The normalized spacial score (nSPS) is 21.9. The number of carbonyl (C=O) groups excluding carboxylic acids is 1. The predicted octanol–water partition coefficient (Wildman–Crippen LogP) is 6.11. The SMILES string of the molecule is CC(C)(C)C1=CCC(N2C=C(C(=O)CCc3ccccc3)C(C)(C)CC2)C=C1. The summed E-state index contributed by atoms with van der Waals surface area (Å²) >= 11 is 0. The van der Waals surface area contributed by atoms with E-state index in [1.165, 1.54) is 11.1 Å². The van der Waals surface area contributed by atoms with Gasteiger partial charge < -0.3 is 4.90 Å². The zero-order chi connectivity index (χ0) is 20.4. The van der Waals surface area contributed by atoms with Crippen molar-refractivity contribution in [2.75, 3.05) is 6.54 Å². The average molecular weight is 378 g/mol. The molecule has 28 heavy (non-hydrogen) atoms. The van der Waals surface area contributed by atoms with Crippen molar-refractivity contribution in [3.05, 3.63) is 71.5 Å². The minimum atomic E-state index is -0.0466. The number of hydrogen-bond acceptors (Lipinski definition) is 2. The molecular weight excluding hydrogens is 342 g/mol. The second-order valence-corrected chi connectivity index (χ2v) is 9.89. The van der Waals surface area contributed by atoms with E-state index in [-0.39, 0.29) is 10.8 Å². The van der Waals surface area contributed by atoms with Crippen LogP contribution in [0.25, 0.3) is 0 Å². The molecule has 150 valence electrons. The Kier molecular flexibility index (Phi) is 5.98. The first-order valence-electron chi connectivity index (χ1n) is 10.6. The van der Waals surface area contributed by atoms with Crippen LogP contribution in [0.15, 0.2) is 65.9 Å². The fourth-order valence-electron chi connectivity index (χ4n) is 4.11. The van der Waals surface area contributed by atoms with Crippen LogP contribution < -0.4 is 0 Å². The van der Waals surface area contributed by atoms with E-state index in [9.17, 15) is 4.79 Å². The molecular formula is C26H35NO. The molecule has 1 aromatic rings. The lowest BCUT2D eigenvalue weighted by atomic mass is 9.76. The van der Waals surface area contributed by atoms with Crippen molar-refractivity contribution < 1.29 is 4.79 Å². The third-order valence-corrected chi connectivity index (χ3v) is 6.17. The molecule has 2 heteroatoms. The Labute approximate surface area is 171 Å². The number of nitrogens with zero attached hydrogens (tertiary/aromatic N) is 1. The summed E-state index contributed by atoms with van der Waals surface area (Å²) in [5.74, 6) is 0.296. The second kappa shape index (κ2) is 8.11.